The summed E-state index contributed by atoms with van der Waals surface area (Å²) in [5.41, 5.74) is 3.34. The lowest BCUT2D eigenvalue weighted by molar-refractivity contribution is -0.135. The Balaban J connectivity index is 1.73. The van der Waals surface area contributed by atoms with Crippen LogP contribution in [-0.2, 0) is 9.53 Å². The molecule has 0 fully saturated rings. The van der Waals surface area contributed by atoms with Crippen LogP contribution in [0, 0.1) is 5.82 Å². The number of nitrogens with one attached hydrogen (secondary N) is 1. The van der Waals surface area contributed by atoms with E-state index >= 15 is 0 Å². The van der Waals surface area contributed by atoms with Gasteiger partial charge in [-0.05, 0) is 49.4 Å². The number of hydrogen-bond acceptors (Lipinski definition) is 5. The number of carbonyl (C=O) groups excluding carboxylic acids is 1. The number of H-pyrrole nitrogens is 1. The first-order valence-electron chi connectivity index (χ1n) is 10.4. The van der Waals surface area contributed by atoms with Crippen molar-refractivity contribution >= 4 is 34.1 Å². The molecule has 7 heteroatoms. The molecule has 4 aromatic rings. The van der Waals surface area contributed by atoms with Crippen LogP contribution in [0.25, 0.3) is 10.9 Å². The number of halogens is 1. The Bertz CT molecular complexity index is 1280. The van der Waals surface area contributed by atoms with Crippen molar-refractivity contribution in [1.82, 2.24) is 4.98 Å². The van der Waals surface area contributed by atoms with Gasteiger partial charge in [-0.2, -0.15) is 0 Å². The number of esters is 1. The van der Waals surface area contributed by atoms with Crippen LogP contribution < -0.4 is 9.91 Å². The van der Waals surface area contributed by atoms with Crippen LogP contribution in [0.2, 0.25) is 0 Å². The number of carbonyl (C=O) groups is 1. The second kappa shape index (κ2) is 8.19. The highest BCUT2D eigenvalue weighted by molar-refractivity contribution is 6.42. The van der Waals surface area contributed by atoms with Crippen molar-refractivity contribution in [3.05, 3.63) is 96.4 Å². The minimum atomic E-state index is -0.542. The van der Waals surface area contributed by atoms with Gasteiger partial charge in [0.1, 0.15) is 5.82 Å². The molecule has 5 rings (SSSR count). The van der Waals surface area contributed by atoms with Gasteiger partial charge >= 0.3 is 5.97 Å². The fraction of sp³-hybridized carbons (Fsp3) is 0.120. The third-order valence-corrected chi connectivity index (χ3v) is 5.39. The van der Waals surface area contributed by atoms with E-state index in [1.54, 1.807) is 29.0 Å². The maximum atomic E-state index is 13.7. The number of aromatic amines is 1. The molecule has 0 radical (unpaired) electrons. The molecule has 1 N–H and O–H groups in total. The third-order valence-electron chi connectivity index (χ3n) is 5.39. The smallest absolute Gasteiger partial charge is 0.376 e. The maximum Gasteiger partial charge on any atom is 0.376 e. The quantitative estimate of drug-likeness (QED) is 0.444. The summed E-state index contributed by atoms with van der Waals surface area (Å²) in [7, 11) is 0. The predicted octanol–water partition coefficient (Wildman–Crippen LogP) is 5.21. The summed E-state index contributed by atoms with van der Waals surface area (Å²) in [4.78, 5) is 18.0. The number of nitrogens with zero attached hydrogens (tertiary/aromatic N) is 3. The fourth-order valence-corrected chi connectivity index (χ4v) is 3.99. The second-order valence-corrected chi connectivity index (χ2v) is 7.33. The molecule has 32 heavy (non-hydrogen) atoms. The van der Waals surface area contributed by atoms with E-state index in [4.69, 9.17) is 9.84 Å². The zero-order valence-electron chi connectivity index (χ0n) is 17.4. The zero-order valence-corrected chi connectivity index (χ0v) is 17.4. The molecule has 0 spiro atoms. The van der Waals surface area contributed by atoms with Crippen molar-refractivity contribution in [2.24, 2.45) is 5.10 Å². The highest BCUT2D eigenvalue weighted by Crippen LogP contribution is 2.41. The molecule has 0 saturated carbocycles. The number of para-hydroxylation sites is 2. The van der Waals surface area contributed by atoms with Crippen LogP contribution in [-0.4, -0.2) is 23.4 Å². The minimum Gasteiger partial charge on any atom is -0.460 e. The van der Waals surface area contributed by atoms with Gasteiger partial charge < -0.3 is 9.72 Å². The number of fused-ring (bicyclic) bond motifs is 1. The molecular weight excluding hydrogens is 407 g/mol. The normalized spacial score (nSPS) is 15.8. The standard InChI is InChI=1S/C25H21FN4O2/c1-2-32-25(31)23-28-30(19-8-4-3-5-9-19)24(29(23)18-14-12-17(26)13-15-18)21-16-27-22-11-7-6-10-20(21)22/h3-16,24,27H,2H2,1H3/t24-/m1/s1. The van der Waals surface area contributed by atoms with Crippen LogP contribution in [0.4, 0.5) is 15.8 Å². The molecule has 0 aliphatic carbocycles. The summed E-state index contributed by atoms with van der Waals surface area (Å²) in [6.45, 7) is 1.97. The number of aromatic nitrogens is 1. The first-order valence-corrected chi connectivity index (χ1v) is 10.4. The molecule has 1 aliphatic heterocycles. The van der Waals surface area contributed by atoms with E-state index in [0.717, 1.165) is 22.2 Å². The van der Waals surface area contributed by atoms with E-state index in [1.807, 2.05) is 60.8 Å². The third kappa shape index (κ3) is 3.37. The van der Waals surface area contributed by atoms with Crippen LogP contribution in [0.5, 0.6) is 0 Å². The zero-order chi connectivity index (χ0) is 22.1. The van der Waals surface area contributed by atoms with Gasteiger partial charge in [-0.3, -0.25) is 4.90 Å². The van der Waals surface area contributed by atoms with Crippen molar-refractivity contribution in [3.63, 3.8) is 0 Å². The summed E-state index contributed by atoms with van der Waals surface area (Å²) in [5.74, 6) is -0.760. The molecule has 1 atom stereocenters. The van der Waals surface area contributed by atoms with E-state index in [1.165, 1.54) is 12.1 Å². The molecule has 6 nitrogen and oxygen atoms in total. The molecule has 160 valence electrons. The number of ether oxygens (including phenoxy) is 1. The van der Waals surface area contributed by atoms with Crippen molar-refractivity contribution in [1.29, 1.82) is 0 Å². The molecular formula is C25H21FN4O2. The Labute approximate surface area is 184 Å². The van der Waals surface area contributed by atoms with Gasteiger partial charge in [-0.25, -0.2) is 14.2 Å². The fourth-order valence-electron chi connectivity index (χ4n) is 3.99. The van der Waals surface area contributed by atoms with Gasteiger partial charge in [0.25, 0.3) is 0 Å². The minimum absolute atomic E-state index is 0.137. The van der Waals surface area contributed by atoms with E-state index in [9.17, 15) is 9.18 Å². The molecule has 0 unspecified atom stereocenters. The SMILES string of the molecule is CCOC(=O)C1=NN(c2ccccc2)[C@H](c2c[nH]c3ccccc23)N1c1ccc(F)cc1. The number of rotatable bonds is 5. The summed E-state index contributed by atoms with van der Waals surface area (Å²) < 4.78 is 19.0. The van der Waals surface area contributed by atoms with E-state index in [0.29, 0.717) is 5.69 Å². The van der Waals surface area contributed by atoms with Crippen LogP contribution in [0.15, 0.2) is 90.2 Å². The Morgan fingerprint density at radius 1 is 1.00 bits per heavy atom. The van der Waals surface area contributed by atoms with Gasteiger partial charge in [-0.1, -0.05) is 36.4 Å². The topological polar surface area (TPSA) is 60.9 Å². The first kappa shape index (κ1) is 19.8. The molecule has 1 aromatic heterocycles. The molecule has 0 bridgehead atoms. The lowest BCUT2D eigenvalue weighted by Crippen LogP contribution is -2.39. The van der Waals surface area contributed by atoms with Crippen molar-refractivity contribution in [2.75, 3.05) is 16.5 Å². The molecule has 3 aromatic carbocycles. The van der Waals surface area contributed by atoms with Crippen molar-refractivity contribution < 1.29 is 13.9 Å². The molecule has 0 amide bonds. The predicted molar refractivity (Wildman–Crippen MR) is 123 cm³/mol. The van der Waals surface area contributed by atoms with Gasteiger partial charge in [0, 0.05) is 28.4 Å². The number of hydrogen-bond donors (Lipinski definition) is 1. The summed E-state index contributed by atoms with van der Waals surface area (Å²) in [6, 6.07) is 23.6. The number of benzene rings is 3. The molecule has 2 heterocycles. The highest BCUT2D eigenvalue weighted by atomic mass is 19.1. The van der Waals surface area contributed by atoms with Crippen molar-refractivity contribution in [3.8, 4) is 0 Å². The van der Waals surface area contributed by atoms with Crippen LogP contribution >= 0.6 is 0 Å². The molecule has 0 saturated heterocycles. The largest absolute Gasteiger partial charge is 0.460 e. The average molecular weight is 428 g/mol. The summed E-state index contributed by atoms with van der Waals surface area (Å²) >= 11 is 0. The van der Waals surface area contributed by atoms with E-state index < -0.39 is 12.1 Å². The van der Waals surface area contributed by atoms with Gasteiger partial charge in [0.15, 0.2) is 6.17 Å². The Hall–Kier alpha value is -4.13. The number of anilines is 2. The summed E-state index contributed by atoms with van der Waals surface area (Å²) in [5, 5.41) is 7.50. The maximum absolute atomic E-state index is 13.7. The number of hydrazone groups is 1. The number of amidine groups is 1. The van der Waals surface area contributed by atoms with Crippen molar-refractivity contribution in [2.45, 2.75) is 13.1 Å². The van der Waals surface area contributed by atoms with Gasteiger partial charge in [-0.15, -0.1) is 5.10 Å². The first-order chi connectivity index (χ1) is 15.7. The van der Waals surface area contributed by atoms with E-state index in [2.05, 4.69) is 4.98 Å². The summed E-state index contributed by atoms with van der Waals surface area (Å²) in [6.07, 6.45) is 1.43. The van der Waals surface area contributed by atoms with Crippen LogP contribution in [0.3, 0.4) is 0 Å². The highest BCUT2D eigenvalue weighted by Gasteiger charge is 2.42. The Morgan fingerprint density at radius 2 is 1.72 bits per heavy atom. The Kier molecular flexibility index (Phi) is 5.07. The lowest BCUT2D eigenvalue weighted by Gasteiger charge is -2.31. The van der Waals surface area contributed by atoms with E-state index in [-0.39, 0.29) is 18.3 Å². The second-order valence-electron chi connectivity index (χ2n) is 7.33. The van der Waals surface area contributed by atoms with Crippen LogP contribution in [0.1, 0.15) is 18.7 Å². The monoisotopic (exact) mass is 428 g/mol. The lowest BCUT2D eigenvalue weighted by atomic mass is 10.1. The molecule has 1 aliphatic rings. The van der Waals surface area contributed by atoms with Gasteiger partial charge in [0.2, 0.25) is 5.84 Å². The Morgan fingerprint density at radius 3 is 2.47 bits per heavy atom. The average Bonchev–Trinajstić information content (AvgIpc) is 3.42. The van der Waals surface area contributed by atoms with Gasteiger partial charge in [0.05, 0.1) is 12.3 Å².